The van der Waals surface area contributed by atoms with Crippen molar-refractivity contribution in [1.82, 2.24) is 4.98 Å². The van der Waals surface area contributed by atoms with Gasteiger partial charge in [-0.05, 0) is 44.2 Å². The van der Waals surface area contributed by atoms with Gasteiger partial charge in [0.1, 0.15) is 17.6 Å². The summed E-state index contributed by atoms with van der Waals surface area (Å²) in [5.41, 5.74) is 6.47. The normalized spacial score (nSPS) is 22.8. The zero-order chi connectivity index (χ0) is 13.7. The zero-order valence-electron chi connectivity index (χ0n) is 11.5. The third kappa shape index (κ3) is 3.45. The minimum Gasteiger partial charge on any atom is -0.354 e. The number of nitrogens with two attached hydrogens (primary N) is 1. The van der Waals surface area contributed by atoms with E-state index in [-0.39, 0.29) is 0 Å². The molecule has 0 amide bonds. The molecule has 1 fully saturated rings. The molecule has 0 bridgehead atoms. The molecule has 2 N–H and O–H groups in total. The fourth-order valence-electron chi connectivity index (χ4n) is 2.78. The molecule has 4 nitrogen and oxygen atoms in total. The molecule has 102 valence electrons. The van der Waals surface area contributed by atoms with Gasteiger partial charge < -0.3 is 10.6 Å². The predicted octanol–water partition coefficient (Wildman–Crippen LogP) is 2.44. The maximum atomic E-state index is 8.97. The number of hydrogen-bond donors (Lipinski definition) is 1. The molecule has 0 aromatic carbocycles. The average Bonchev–Trinajstić information content (AvgIpc) is 2.46. The predicted molar refractivity (Wildman–Crippen MR) is 76.8 cm³/mol. The van der Waals surface area contributed by atoms with Crippen LogP contribution in [0.1, 0.15) is 44.7 Å². The van der Waals surface area contributed by atoms with Crippen LogP contribution in [0, 0.1) is 11.3 Å². The Morgan fingerprint density at radius 1 is 1.37 bits per heavy atom. The summed E-state index contributed by atoms with van der Waals surface area (Å²) in [5, 5.41) is 8.97. The summed E-state index contributed by atoms with van der Waals surface area (Å²) < 4.78 is 0. The number of nitrogens with zero attached hydrogens (tertiary/aromatic N) is 3. The average molecular weight is 258 g/mol. The van der Waals surface area contributed by atoms with Crippen molar-refractivity contribution < 1.29 is 0 Å². The summed E-state index contributed by atoms with van der Waals surface area (Å²) in [6, 6.07) is 8.67. The Morgan fingerprint density at radius 2 is 2.11 bits per heavy atom. The molecule has 0 unspecified atom stereocenters. The van der Waals surface area contributed by atoms with Gasteiger partial charge in [0.15, 0.2) is 0 Å². The van der Waals surface area contributed by atoms with Crippen LogP contribution >= 0.6 is 0 Å². The monoisotopic (exact) mass is 258 g/mol. The smallest absolute Gasteiger partial charge is 0.142 e. The van der Waals surface area contributed by atoms with E-state index < -0.39 is 0 Å². The van der Waals surface area contributed by atoms with E-state index in [0.29, 0.717) is 17.8 Å². The summed E-state index contributed by atoms with van der Waals surface area (Å²) in [6.07, 6.45) is 5.51. The van der Waals surface area contributed by atoms with Crippen molar-refractivity contribution in [3.05, 3.63) is 23.9 Å². The highest BCUT2D eigenvalue weighted by atomic mass is 15.2. The Morgan fingerprint density at radius 3 is 2.74 bits per heavy atom. The molecular weight excluding hydrogens is 236 g/mol. The summed E-state index contributed by atoms with van der Waals surface area (Å²) in [5.74, 6) is 0.932. The van der Waals surface area contributed by atoms with Crippen molar-refractivity contribution in [3.63, 3.8) is 0 Å². The molecule has 1 aliphatic rings. The quantitative estimate of drug-likeness (QED) is 0.900. The molecule has 1 aliphatic carbocycles. The van der Waals surface area contributed by atoms with Crippen molar-refractivity contribution in [3.8, 4) is 6.07 Å². The second-order valence-electron chi connectivity index (χ2n) is 5.25. The van der Waals surface area contributed by atoms with Crippen molar-refractivity contribution in [1.29, 1.82) is 5.26 Å². The van der Waals surface area contributed by atoms with Gasteiger partial charge in [0.05, 0.1) is 0 Å². The molecule has 4 heteroatoms. The van der Waals surface area contributed by atoms with Gasteiger partial charge in [0.25, 0.3) is 0 Å². The molecule has 1 aromatic heterocycles. The Kier molecular flexibility index (Phi) is 4.75. The topological polar surface area (TPSA) is 65.9 Å². The third-order valence-corrected chi connectivity index (χ3v) is 3.79. The molecule has 19 heavy (non-hydrogen) atoms. The minimum absolute atomic E-state index is 0.359. The van der Waals surface area contributed by atoms with Gasteiger partial charge in [-0.15, -0.1) is 0 Å². The van der Waals surface area contributed by atoms with Crippen molar-refractivity contribution in [2.24, 2.45) is 5.73 Å². The maximum absolute atomic E-state index is 8.97. The van der Waals surface area contributed by atoms with Crippen molar-refractivity contribution in [2.45, 2.75) is 51.1 Å². The van der Waals surface area contributed by atoms with Gasteiger partial charge in [-0.2, -0.15) is 5.26 Å². The number of pyridine rings is 1. The van der Waals surface area contributed by atoms with Crippen LogP contribution < -0.4 is 10.6 Å². The van der Waals surface area contributed by atoms with Gasteiger partial charge >= 0.3 is 0 Å². The van der Waals surface area contributed by atoms with Gasteiger partial charge in [-0.25, -0.2) is 4.98 Å². The maximum Gasteiger partial charge on any atom is 0.142 e. The highest BCUT2D eigenvalue weighted by Gasteiger charge is 2.24. The van der Waals surface area contributed by atoms with Gasteiger partial charge in [-0.3, -0.25) is 0 Å². The van der Waals surface area contributed by atoms with Crippen LogP contribution in [0.5, 0.6) is 0 Å². The highest BCUT2D eigenvalue weighted by molar-refractivity contribution is 5.42. The Bertz CT molecular complexity index is 444. The summed E-state index contributed by atoms with van der Waals surface area (Å²) >= 11 is 0. The lowest BCUT2D eigenvalue weighted by Gasteiger charge is -2.36. The number of rotatable bonds is 4. The molecule has 1 saturated carbocycles. The second kappa shape index (κ2) is 6.53. The summed E-state index contributed by atoms with van der Waals surface area (Å²) in [6.45, 7) is 3.16. The lowest BCUT2D eigenvalue weighted by Crippen LogP contribution is -2.41. The van der Waals surface area contributed by atoms with Gasteiger partial charge in [-0.1, -0.05) is 13.0 Å². The lowest BCUT2D eigenvalue weighted by atomic mass is 9.90. The molecule has 0 radical (unpaired) electrons. The third-order valence-electron chi connectivity index (χ3n) is 3.79. The highest BCUT2D eigenvalue weighted by Crippen LogP contribution is 2.26. The Hall–Kier alpha value is -1.60. The van der Waals surface area contributed by atoms with Crippen LogP contribution in [0.4, 0.5) is 5.82 Å². The first kappa shape index (κ1) is 13.8. The number of nitriles is 1. The van der Waals surface area contributed by atoms with Gasteiger partial charge in [0.2, 0.25) is 0 Å². The molecule has 1 aromatic rings. The van der Waals surface area contributed by atoms with Crippen LogP contribution in [0.2, 0.25) is 0 Å². The second-order valence-corrected chi connectivity index (χ2v) is 5.25. The molecule has 1 heterocycles. The standard InChI is InChI=1S/C15H22N4/c1-2-10-19(14-8-6-12(17)7-9-14)15-5-3-4-13(11-16)18-15/h3-5,12,14H,2,6-10,17H2,1H3. The molecule has 0 saturated heterocycles. The number of hydrogen-bond acceptors (Lipinski definition) is 4. The molecule has 0 atom stereocenters. The van der Waals surface area contributed by atoms with Gasteiger partial charge in [0, 0.05) is 18.6 Å². The Balaban J connectivity index is 2.17. The van der Waals surface area contributed by atoms with Crippen LogP contribution in [0.15, 0.2) is 18.2 Å². The van der Waals surface area contributed by atoms with Crippen LogP contribution in [-0.4, -0.2) is 23.6 Å². The van der Waals surface area contributed by atoms with Crippen molar-refractivity contribution in [2.75, 3.05) is 11.4 Å². The zero-order valence-corrected chi connectivity index (χ0v) is 11.5. The summed E-state index contributed by atoms with van der Waals surface area (Å²) in [4.78, 5) is 6.79. The summed E-state index contributed by atoms with van der Waals surface area (Å²) in [7, 11) is 0. The Labute approximate surface area is 115 Å². The van der Waals surface area contributed by atoms with E-state index in [1.54, 1.807) is 6.07 Å². The van der Waals surface area contributed by atoms with Crippen LogP contribution in [0.3, 0.4) is 0 Å². The van der Waals surface area contributed by atoms with E-state index in [1.165, 1.54) is 0 Å². The van der Waals surface area contributed by atoms with E-state index in [0.717, 1.165) is 44.5 Å². The van der Waals surface area contributed by atoms with E-state index in [2.05, 4.69) is 22.9 Å². The molecule has 0 aliphatic heterocycles. The van der Waals surface area contributed by atoms with Crippen molar-refractivity contribution >= 4 is 5.82 Å². The van der Waals surface area contributed by atoms with E-state index in [4.69, 9.17) is 11.0 Å². The van der Waals surface area contributed by atoms with E-state index in [1.807, 2.05) is 12.1 Å². The lowest BCUT2D eigenvalue weighted by molar-refractivity contribution is 0.374. The largest absolute Gasteiger partial charge is 0.354 e. The van der Waals surface area contributed by atoms with Crippen LogP contribution in [-0.2, 0) is 0 Å². The first-order valence-corrected chi connectivity index (χ1v) is 7.14. The molecule has 0 spiro atoms. The SMILES string of the molecule is CCCN(c1cccc(C#N)n1)C1CCC(N)CC1. The van der Waals surface area contributed by atoms with Crippen LogP contribution in [0.25, 0.3) is 0 Å². The van der Waals surface area contributed by atoms with E-state index >= 15 is 0 Å². The fourth-order valence-corrected chi connectivity index (χ4v) is 2.78. The molecule has 2 rings (SSSR count). The number of anilines is 1. The number of aromatic nitrogens is 1. The van der Waals surface area contributed by atoms with E-state index in [9.17, 15) is 0 Å². The minimum atomic E-state index is 0.359. The molecular formula is C15H22N4. The first-order valence-electron chi connectivity index (χ1n) is 7.14. The fraction of sp³-hybridized carbons (Fsp3) is 0.600. The first-order chi connectivity index (χ1) is 9.24.